The molecule has 0 aliphatic heterocycles. The fraction of sp³-hybridized carbons (Fsp3) is 0.400. The first kappa shape index (κ1) is 10.6. The summed E-state index contributed by atoms with van der Waals surface area (Å²) in [5.41, 5.74) is 6.53. The number of pyridine rings is 1. The summed E-state index contributed by atoms with van der Waals surface area (Å²) in [5, 5.41) is 4.82. The highest BCUT2D eigenvalue weighted by molar-refractivity contribution is 5.95. The Morgan fingerprint density at radius 2 is 2.18 bits per heavy atom. The monoisotopic (exact) mass is 226 g/mol. The molecule has 0 saturated carbocycles. The second-order valence-electron chi connectivity index (χ2n) is 4.77. The predicted molar refractivity (Wildman–Crippen MR) is 72.7 cm³/mol. The number of para-hydroxylation sites is 1. The standard InChI is InChI=1S/C15H18N2/c1-3-16-15-11-7-5-9-13(11)17-14-10(2)6-4-8-12(14)15/h4,6,8H,3,5,7,9H2,1-2H3,(H,16,17). The minimum absolute atomic E-state index is 0.972. The number of nitrogens with one attached hydrogen (secondary N) is 1. The molecule has 0 amide bonds. The maximum absolute atomic E-state index is 4.86. The molecular formula is C15H18N2. The van der Waals surface area contributed by atoms with Gasteiger partial charge in [-0.2, -0.15) is 0 Å². The van der Waals surface area contributed by atoms with E-state index in [1.807, 2.05) is 0 Å². The third-order valence-electron chi connectivity index (χ3n) is 3.60. The van der Waals surface area contributed by atoms with Crippen molar-refractivity contribution in [3.05, 3.63) is 35.0 Å². The van der Waals surface area contributed by atoms with Gasteiger partial charge in [-0.25, -0.2) is 0 Å². The highest BCUT2D eigenvalue weighted by atomic mass is 14.9. The number of hydrogen-bond acceptors (Lipinski definition) is 2. The molecule has 17 heavy (non-hydrogen) atoms. The van der Waals surface area contributed by atoms with Crippen molar-refractivity contribution >= 4 is 16.6 Å². The molecule has 2 nitrogen and oxygen atoms in total. The lowest BCUT2D eigenvalue weighted by molar-refractivity contribution is 0.901. The molecule has 2 aromatic rings. The Labute approximate surface area is 102 Å². The minimum atomic E-state index is 0.972. The number of rotatable bonds is 2. The minimum Gasteiger partial charge on any atom is -0.384 e. The molecule has 1 aromatic carbocycles. The van der Waals surface area contributed by atoms with E-state index < -0.39 is 0 Å². The second kappa shape index (κ2) is 4.02. The van der Waals surface area contributed by atoms with Crippen LogP contribution in [0.1, 0.15) is 30.2 Å². The van der Waals surface area contributed by atoms with Crippen molar-refractivity contribution in [1.29, 1.82) is 0 Å². The number of anilines is 1. The molecule has 1 aliphatic carbocycles. The van der Waals surface area contributed by atoms with Gasteiger partial charge in [0, 0.05) is 23.3 Å². The Kier molecular flexibility index (Phi) is 2.50. The summed E-state index contributed by atoms with van der Waals surface area (Å²) in [7, 11) is 0. The van der Waals surface area contributed by atoms with Gasteiger partial charge in [0.2, 0.25) is 0 Å². The molecule has 2 heteroatoms. The topological polar surface area (TPSA) is 24.9 Å². The van der Waals surface area contributed by atoms with E-state index in [9.17, 15) is 0 Å². The van der Waals surface area contributed by atoms with Gasteiger partial charge in [0.15, 0.2) is 0 Å². The van der Waals surface area contributed by atoms with Crippen LogP contribution in [0.4, 0.5) is 5.69 Å². The van der Waals surface area contributed by atoms with Crippen LogP contribution in [0.3, 0.4) is 0 Å². The predicted octanol–water partition coefficient (Wildman–Crippen LogP) is 3.46. The summed E-state index contributed by atoms with van der Waals surface area (Å²) in [6.45, 7) is 5.27. The number of hydrogen-bond donors (Lipinski definition) is 1. The maximum atomic E-state index is 4.86. The molecule has 0 radical (unpaired) electrons. The molecule has 1 aromatic heterocycles. The first-order chi connectivity index (χ1) is 8.31. The van der Waals surface area contributed by atoms with Gasteiger partial charge in [0.05, 0.1) is 5.52 Å². The van der Waals surface area contributed by atoms with Crippen LogP contribution in [0.5, 0.6) is 0 Å². The molecule has 1 aliphatic rings. The van der Waals surface area contributed by atoms with E-state index in [4.69, 9.17) is 4.98 Å². The Hall–Kier alpha value is -1.57. The van der Waals surface area contributed by atoms with Gasteiger partial charge in [-0.3, -0.25) is 4.98 Å². The summed E-state index contributed by atoms with van der Waals surface area (Å²) in [6, 6.07) is 6.46. The summed E-state index contributed by atoms with van der Waals surface area (Å²) >= 11 is 0. The summed E-state index contributed by atoms with van der Waals surface area (Å²) < 4.78 is 0. The number of nitrogens with zero attached hydrogens (tertiary/aromatic N) is 1. The van der Waals surface area contributed by atoms with Crippen LogP contribution < -0.4 is 5.32 Å². The molecule has 3 rings (SSSR count). The molecular weight excluding hydrogens is 208 g/mol. The lowest BCUT2D eigenvalue weighted by Gasteiger charge is -2.14. The highest BCUT2D eigenvalue weighted by Gasteiger charge is 2.19. The van der Waals surface area contributed by atoms with E-state index in [2.05, 4.69) is 37.4 Å². The van der Waals surface area contributed by atoms with Gasteiger partial charge < -0.3 is 5.32 Å². The number of aromatic nitrogens is 1. The highest BCUT2D eigenvalue weighted by Crippen LogP contribution is 2.34. The zero-order valence-electron chi connectivity index (χ0n) is 10.5. The van der Waals surface area contributed by atoms with Crippen molar-refractivity contribution in [2.45, 2.75) is 33.1 Å². The fourth-order valence-corrected chi connectivity index (χ4v) is 2.81. The van der Waals surface area contributed by atoms with Crippen molar-refractivity contribution in [3.8, 4) is 0 Å². The van der Waals surface area contributed by atoms with Crippen molar-refractivity contribution in [3.63, 3.8) is 0 Å². The lowest BCUT2D eigenvalue weighted by Crippen LogP contribution is -2.04. The number of benzene rings is 1. The Balaban J connectivity index is 2.36. The van der Waals surface area contributed by atoms with Gasteiger partial charge in [0.25, 0.3) is 0 Å². The molecule has 88 valence electrons. The van der Waals surface area contributed by atoms with E-state index in [0.717, 1.165) is 13.0 Å². The average Bonchev–Trinajstić information content (AvgIpc) is 2.78. The third-order valence-corrected chi connectivity index (χ3v) is 3.60. The van der Waals surface area contributed by atoms with Gasteiger partial charge in [-0.15, -0.1) is 0 Å². The van der Waals surface area contributed by atoms with Crippen LogP contribution in [0, 0.1) is 6.92 Å². The number of fused-ring (bicyclic) bond motifs is 2. The fourth-order valence-electron chi connectivity index (χ4n) is 2.81. The van der Waals surface area contributed by atoms with Crippen molar-refractivity contribution in [2.75, 3.05) is 11.9 Å². The van der Waals surface area contributed by atoms with Gasteiger partial charge in [0.1, 0.15) is 0 Å². The summed E-state index contributed by atoms with van der Waals surface area (Å²) in [6.07, 6.45) is 3.56. The van der Waals surface area contributed by atoms with Crippen LogP contribution in [0.2, 0.25) is 0 Å². The summed E-state index contributed by atoms with van der Waals surface area (Å²) in [4.78, 5) is 4.86. The van der Waals surface area contributed by atoms with Gasteiger partial charge in [-0.1, -0.05) is 18.2 Å². The van der Waals surface area contributed by atoms with Crippen molar-refractivity contribution in [1.82, 2.24) is 4.98 Å². The Morgan fingerprint density at radius 3 is 3.00 bits per heavy atom. The first-order valence-electron chi connectivity index (χ1n) is 6.46. The smallest absolute Gasteiger partial charge is 0.0755 e. The van der Waals surface area contributed by atoms with Crippen LogP contribution in [-0.4, -0.2) is 11.5 Å². The molecule has 0 saturated heterocycles. The van der Waals surface area contributed by atoms with E-state index in [-0.39, 0.29) is 0 Å². The van der Waals surface area contributed by atoms with E-state index in [1.165, 1.54) is 46.3 Å². The first-order valence-corrected chi connectivity index (χ1v) is 6.46. The normalized spacial score (nSPS) is 14.0. The van der Waals surface area contributed by atoms with E-state index in [0.29, 0.717) is 0 Å². The molecule has 0 fully saturated rings. The maximum Gasteiger partial charge on any atom is 0.0755 e. The average molecular weight is 226 g/mol. The SMILES string of the molecule is CCNc1c2c(nc3c(C)cccc13)CCC2. The zero-order valence-corrected chi connectivity index (χ0v) is 10.5. The van der Waals surface area contributed by atoms with Crippen LogP contribution in [-0.2, 0) is 12.8 Å². The summed E-state index contributed by atoms with van der Waals surface area (Å²) in [5.74, 6) is 0. The molecule has 1 N–H and O–H groups in total. The van der Waals surface area contributed by atoms with E-state index >= 15 is 0 Å². The molecule has 0 bridgehead atoms. The number of aryl methyl sites for hydroxylation is 2. The van der Waals surface area contributed by atoms with Crippen LogP contribution in [0.15, 0.2) is 18.2 Å². The molecule has 0 spiro atoms. The van der Waals surface area contributed by atoms with Crippen molar-refractivity contribution in [2.24, 2.45) is 0 Å². The second-order valence-corrected chi connectivity index (χ2v) is 4.77. The quantitative estimate of drug-likeness (QED) is 0.848. The largest absolute Gasteiger partial charge is 0.384 e. The molecule has 0 atom stereocenters. The Bertz CT molecular complexity index is 573. The van der Waals surface area contributed by atoms with Crippen LogP contribution >= 0.6 is 0 Å². The Morgan fingerprint density at radius 1 is 1.29 bits per heavy atom. The molecule has 1 heterocycles. The van der Waals surface area contributed by atoms with Crippen molar-refractivity contribution < 1.29 is 0 Å². The van der Waals surface area contributed by atoms with Crippen LogP contribution in [0.25, 0.3) is 10.9 Å². The van der Waals surface area contributed by atoms with Gasteiger partial charge >= 0.3 is 0 Å². The van der Waals surface area contributed by atoms with Gasteiger partial charge in [-0.05, 0) is 44.2 Å². The molecule has 0 unspecified atom stereocenters. The lowest BCUT2D eigenvalue weighted by atomic mass is 10.0. The van der Waals surface area contributed by atoms with E-state index in [1.54, 1.807) is 0 Å². The third kappa shape index (κ3) is 1.59. The zero-order chi connectivity index (χ0) is 11.8.